The standard InChI is InChI=1S/C14H20N4O3/c1-9(2)7-17-4-5-18(10(3)13(17)20)14(21)11-6-15-8-16-12(11)19/h6,8-10H,4-5,7H2,1-3H3,(H,15,16,19)/t10-/m0/s1. The number of amides is 2. The summed E-state index contributed by atoms with van der Waals surface area (Å²) >= 11 is 0. The van der Waals surface area contributed by atoms with Crippen molar-refractivity contribution in [2.24, 2.45) is 5.92 Å². The number of hydrogen-bond donors (Lipinski definition) is 1. The summed E-state index contributed by atoms with van der Waals surface area (Å²) in [6.07, 6.45) is 2.47. The van der Waals surface area contributed by atoms with E-state index in [0.29, 0.717) is 25.6 Å². The van der Waals surface area contributed by atoms with Crippen LogP contribution in [0.25, 0.3) is 0 Å². The number of carbonyl (C=O) groups is 2. The summed E-state index contributed by atoms with van der Waals surface area (Å²) in [6.45, 7) is 7.38. The molecule has 1 atom stereocenters. The van der Waals surface area contributed by atoms with Crippen molar-refractivity contribution in [3.63, 3.8) is 0 Å². The second-order valence-electron chi connectivity index (χ2n) is 5.65. The van der Waals surface area contributed by atoms with Gasteiger partial charge in [-0.2, -0.15) is 0 Å². The molecule has 0 spiro atoms. The van der Waals surface area contributed by atoms with Gasteiger partial charge in [0.25, 0.3) is 11.5 Å². The first kappa shape index (κ1) is 15.2. The molecule has 1 aromatic heterocycles. The predicted octanol–water partition coefficient (Wildman–Crippen LogP) is 0.0988. The fourth-order valence-electron chi connectivity index (χ4n) is 2.48. The van der Waals surface area contributed by atoms with Crippen LogP contribution in [0.15, 0.2) is 17.3 Å². The van der Waals surface area contributed by atoms with Crippen molar-refractivity contribution in [1.82, 2.24) is 19.8 Å². The number of nitrogens with zero attached hydrogens (tertiary/aromatic N) is 3. The van der Waals surface area contributed by atoms with E-state index in [0.717, 1.165) is 0 Å². The molecule has 0 bridgehead atoms. The lowest BCUT2D eigenvalue weighted by molar-refractivity contribution is -0.140. The molecular formula is C14H20N4O3. The van der Waals surface area contributed by atoms with Crippen LogP contribution in [-0.2, 0) is 4.79 Å². The van der Waals surface area contributed by atoms with Crippen LogP contribution < -0.4 is 5.56 Å². The average Bonchev–Trinajstić information content (AvgIpc) is 2.43. The van der Waals surface area contributed by atoms with Gasteiger partial charge in [0, 0.05) is 25.8 Å². The molecule has 0 radical (unpaired) electrons. The van der Waals surface area contributed by atoms with Crippen molar-refractivity contribution in [3.8, 4) is 0 Å². The Kier molecular flexibility index (Phi) is 4.40. The number of aromatic amines is 1. The van der Waals surface area contributed by atoms with Gasteiger partial charge in [-0.1, -0.05) is 13.8 Å². The third-order valence-corrected chi connectivity index (χ3v) is 3.54. The zero-order chi connectivity index (χ0) is 15.6. The van der Waals surface area contributed by atoms with E-state index in [-0.39, 0.29) is 11.5 Å². The highest BCUT2D eigenvalue weighted by molar-refractivity contribution is 5.97. The Bertz CT molecular complexity index is 596. The number of piperazine rings is 1. The lowest BCUT2D eigenvalue weighted by Crippen LogP contribution is -2.58. The maximum atomic E-state index is 12.4. The van der Waals surface area contributed by atoms with Gasteiger partial charge in [-0.25, -0.2) is 4.98 Å². The Balaban J connectivity index is 2.16. The number of H-pyrrole nitrogens is 1. The van der Waals surface area contributed by atoms with Crippen molar-refractivity contribution < 1.29 is 9.59 Å². The van der Waals surface area contributed by atoms with E-state index in [1.54, 1.807) is 11.8 Å². The number of rotatable bonds is 3. The topological polar surface area (TPSA) is 86.4 Å². The van der Waals surface area contributed by atoms with Crippen LogP contribution in [0.2, 0.25) is 0 Å². The van der Waals surface area contributed by atoms with Crippen molar-refractivity contribution >= 4 is 11.8 Å². The van der Waals surface area contributed by atoms with Crippen LogP contribution in [0.3, 0.4) is 0 Å². The molecule has 1 saturated heterocycles. The highest BCUT2D eigenvalue weighted by Gasteiger charge is 2.35. The van der Waals surface area contributed by atoms with E-state index < -0.39 is 17.5 Å². The summed E-state index contributed by atoms with van der Waals surface area (Å²) in [5, 5.41) is 0. The Hall–Kier alpha value is -2.18. The van der Waals surface area contributed by atoms with Crippen molar-refractivity contribution in [3.05, 3.63) is 28.4 Å². The molecule has 2 heterocycles. The van der Waals surface area contributed by atoms with Gasteiger partial charge in [-0.3, -0.25) is 14.4 Å². The smallest absolute Gasteiger partial charge is 0.263 e. The summed E-state index contributed by atoms with van der Waals surface area (Å²) in [5.41, 5.74) is -0.520. The molecular weight excluding hydrogens is 272 g/mol. The van der Waals surface area contributed by atoms with Crippen LogP contribution in [0, 0.1) is 5.92 Å². The van der Waals surface area contributed by atoms with Crippen LogP contribution in [0.1, 0.15) is 31.1 Å². The molecule has 1 aliphatic rings. The lowest BCUT2D eigenvalue weighted by Gasteiger charge is -2.39. The molecule has 114 valence electrons. The molecule has 1 N–H and O–H groups in total. The molecule has 0 unspecified atom stereocenters. The van der Waals surface area contributed by atoms with E-state index in [9.17, 15) is 14.4 Å². The van der Waals surface area contributed by atoms with Gasteiger partial charge in [-0.15, -0.1) is 0 Å². The van der Waals surface area contributed by atoms with Crippen LogP contribution in [-0.4, -0.2) is 57.3 Å². The maximum absolute atomic E-state index is 12.4. The molecule has 7 nitrogen and oxygen atoms in total. The van der Waals surface area contributed by atoms with Gasteiger partial charge in [0.15, 0.2) is 0 Å². The minimum atomic E-state index is -0.565. The maximum Gasteiger partial charge on any atom is 0.263 e. The van der Waals surface area contributed by atoms with Gasteiger partial charge in [-0.05, 0) is 12.8 Å². The van der Waals surface area contributed by atoms with Crippen LogP contribution in [0.4, 0.5) is 0 Å². The van der Waals surface area contributed by atoms with Crippen LogP contribution in [0.5, 0.6) is 0 Å². The minimum Gasteiger partial charge on any atom is -0.339 e. The first-order valence-corrected chi connectivity index (χ1v) is 7.04. The molecule has 0 aliphatic carbocycles. The minimum absolute atomic E-state index is 0.0329. The van der Waals surface area contributed by atoms with Crippen LogP contribution >= 0.6 is 0 Å². The van der Waals surface area contributed by atoms with E-state index in [1.165, 1.54) is 17.4 Å². The third-order valence-electron chi connectivity index (χ3n) is 3.54. The number of carbonyl (C=O) groups excluding carboxylic acids is 2. The average molecular weight is 292 g/mol. The van der Waals surface area contributed by atoms with Gasteiger partial charge in [0.05, 0.1) is 6.33 Å². The molecule has 7 heteroatoms. The third kappa shape index (κ3) is 3.12. The molecule has 1 aliphatic heterocycles. The Labute approximate surface area is 123 Å². The van der Waals surface area contributed by atoms with Crippen molar-refractivity contribution in [1.29, 1.82) is 0 Å². The quantitative estimate of drug-likeness (QED) is 0.856. The Morgan fingerprint density at radius 2 is 2.14 bits per heavy atom. The van der Waals surface area contributed by atoms with E-state index in [4.69, 9.17) is 0 Å². The second-order valence-corrected chi connectivity index (χ2v) is 5.65. The SMILES string of the molecule is CC(C)CN1CCN(C(=O)c2cnc[nH]c2=O)[C@@H](C)C1=O. The molecule has 2 rings (SSSR count). The molecule has 1 fully saturated rings. The predicted molar refractivity (Wildman–Crippen MR) is 76.8 cm³/mol. The van der Waals surface area contributed by atoms with Gasteiger partial charge >= 0.3 is 0 Å². The zero-order valence-corrected chi connectivity index (χ0v) is 12.5. The van der Waals surface area contributed by atoms with E-state index >= 15 is 0 Å². The number of hydrogen-bond acceptors (Lipinski definition) is 4. The highest BCUT2D eigenvalue weighted by Crippen LogP contribution is 2.15. The Morgan fingerprint density at radius 3 is 2.76 bits per heavy atom. The summed E-state index contributed by atoms with van der Waals surface area (Å²) in [5.74, 6) is -0.150. The summed E-state index contributed by atoms with van der Waals surface area (Å²) in [6, 6.07) is -0.565. The fourth-order valence-corrected chi connectivity index (χ4v) is 2.48. The van der Waals surface area contributed by atoms with Crippen molar-refractivity contribution in [2.75, 3.05) is 19.6 Å². The zero-order valence-electron chi connectivity index (χ0n) is 12.5. The molecule has 21 heavy (non-hydrogen) atoms. The summed E-state index contributed by atoms with van der Waals surface area (Å²) < 4.78 is 0. The highest BCUT2D eigenvalue weighted by atomic mass is 16.2. The first-order chi connectivity index (χ1) is 9.91. The fraction of sp³-hybridized carbons (Fsp3) is 0.571. The monoisotopic (exact) mass is 292 g/mol. The second kappa shape index (κ2) is 6.07. The van der Waals surface area contributed by atoms with Crippen molar-refractivity contribution in [2.45, 2.75) is 26.8 Å². The Morgan fingerprint density at radius 1 is 1.43 bits per heavy atom. The van der Waals surface area contributed by atoms with Gasteiger partial charge < -0.3 is 14.8 Å². The van der Waals surface area contributed by atoms with Gasteiger partial charge in [0.1, 0.15) is 11.6 Å². The molecule has 2 amide bonds. The first-order valence-electron chi connectivity index (χ1n) is 7.04. The summed E-state index contributed by atoms with van der Waals surface area (Å²) in [4.78, 5) is 45.7. The normalized spacial score (nSPS) is 19.2. The number of aromatic nitrogens is 2. The lowest BCUT2D eigenvalue weighted by atomic mass is 10.1. The molecule has 1 aromatic rings. The molecule has 0 aromatic carbocycles. The van der Waals surface area contributed by atoms with Gasteiger partial charge in [0.2, 0.25) is 5.91 Å². The largest absolute Gasteiger partial charge is 0.339 e. The number of nitrogens with one attached hydrogen (secondary N) is 1. The summed E-state index contributed by atoms with van der Waals surface area (Å²) in [7, 11) is 0. The van der Waals surface area contributed by atoms with E-state index in [1.807, 2.05) is 13.8 Å². The van der Waals surface area contributed by atoms with E-state index in [2.05, 4.69) is 9.97 Å². The molecule has 0 saturated carbocycles.